The average molecular weight is 502 g/mol. The maximum Gasteiger partial charge on any atom is 0.407 e. The van der Waals surface area contributed by atoms with Crippen LogP contribution < -0.4 is 15.4 Å². The average Bonchev–Trinajstić information content (AvgIpc) is 2.78. The fourth-order valence-corrected chi connectivity index (χ4v) is 3.79. The molecule has 192 valence electrons. The number of aliphatic carboxylic acids is 1. The van der Waals surface area contributed by atoms with Crippen LogP contribution in [0.2, 0.25) is 0 Å². The summed E-state index contributed by atoms with van der Waals surface area (Å²) in [6.45, 7) is 4.60. The van der Waals surface area contributed by atoms with Crippen molar-refractivity contribution in [2.24, 2.45) is 0 Å². The van der Waals surface area contributed by atoms with Crippen molar-refractivity contribution in [3.8, 4) is 0 Å². The van der Waals surface area contributed by atoms with Crippen LogP contribution >= 0.6 is 0 Å². The number of aryl methyl sites for hydroxylation is 1. The van der Waals surface area contributed by atoms with E-state index in [9.17, 15) is 22.8 Å². The molecule has 0 aliphatic heterocycles. The molecule has 0 aromatic heterocycles. The van der Waals surface area contributed by atoms with Crippen LogP contribution in [0.1, 0.15) is 51.0 Å². The summed E-state index contributed by atoms with van der Waals surface area (Å²) in [5.41, 5.74) is 0.988. The molecule has 0 aliphatic carbocycles. The van der Waals surface area contributed by atoms with Gasteiger partial charge >= 0.3 is 18.0 Å². The first-order valence-electron chi connectivity index (χ1n) is 11.2. The van der Waals surface area contributed by atoms with Crippen molar-refractivity contribution in [3.05, 3.63) is 29.8 Å². The number of carboxylic acid groups (broad SMARTS) is 1. The van der Waals surface area contributed by atoms with Crippen molar-refractivity contribution in [1.82, 2.24) is 15.4 Å². The molecule has 0 saturated heterocycles. The van der Waals surface area contributed by atoms with E-state index >= 15 is 0 Å². The van der Waals surface area contributed by atoms with E-state index in [0.29, 0.717) is 13.0 Å². The summed E-state index contributed by atoms with van der Waals surface area (Å²) in [7, 11) is -3.53. The third kappa shape index (κ3) is 12.5. The third-order valence-corrected chi connectivity index (χ3v) is 6.15. The van der Waals surface area contributed by atoms with Crippen molar-refractivity contribution < 1.29 is 37.4 Å². The second kappa shape index (κ2) is 16.0. The van der Waals surface area contributed by atoms with Crippen LogP contribution in [0.5, 0.6) is 0 Å². The Balaban J connectivity index is 2.06. The summed E-state index contributed by atoms with van der Waals surface area (Å²) in [6, 6.07) is 5.40. The highest BCUT2D eigenvalue weighted by molar-refractivity contribution is 7.89. The van der Waals surface area contributed by atoms with Gasteiger partial charge in [-0.15, -0.1) is 0 Å². The number of unbranched alkanes of at least 4 members (excludes halogenated alkanes) is 3. The van der Waals surface area contributed by atoms with Crippen LogP contribution in [0, 0.1) is 6.92 Å². The third-order valence-electron chi connectivity index (χ3n) is 4.73. The highest BCUT2D eigenvalue weighted by Gasteiger charge is 2.22. The number of esters is 1. The zero-order chi connectivity index (χ0) is 25.4. The van der Waals surface area contributed by atoms with E-state index in [4.69, 9.17) is 9.84 Å². The van der Waals surface area contributed by atoms with Gasteiger partial charge in [0.1, 0.15) is 6.04 Å². The van der Waals surface area contributed by atoms with Crippen molar-refractivity contribution >= 4 is 28.1 Å². The zero-order valence-electron chi connectivity index (χ0n) is 19.7. The molecule has 12 heteroatoms. The predicted molar refractivity (Wildman–Crippen MR) is 125 cm³/mol. The lowest BCUT2D eigenvalue weighted by atomic mass is 10.1. The maximum atomic E-state index is 12.2. The van der Waals surface area contributed by atoms with Gasteiger partial charge in [0.15, 0.2) is 0 Å². The lowest BCUT2D eigenvalue weighted by molar-refractivity contribution is -0.144. The Bertz CT molecular complexity index is 875. The van der Waals surface area contributed by atoms with Crippen LogP contribution in [-0.2, 0) is 29.1 Å². The van der Waals surface area contributed by atoms with Gasteiger partial charge in [0.05, 0.1) is 24.8 Å². The highest BCUT2D eigenvalue weighted by Crippen LogP contribution is 2.09. The largest absolute Gasteiger partial charge is 0.480 e. The Morgan fingerprint density at radius 2 is 1.71 bits per heavy atom. The minimum Gasteiger partial charge on any atom is -0.480 e. The van der Waals surface area contributed by atoms with E-state index in [2.05, 4.69) is 20.1 Å². The molecule has 1 atom stereocenters. The van der Waals surface area contributed by atoms with Crippen LogP contribution in [0.3, 0.4) is 0 Å². The number of hydrogen-bond donors (Lipinski definition) is 4. The molecule has 1 aromatic rings. The van der Waals surface area contributed by atoms with Gasteiger partial charge in [0.2, 0.25) is 10.0 Å². The fourth-order valence-electron chi connectivity index (χ4n) is 2.83. The summed E-state index contributed by atoms with van der Waals surface area (Å²) in [6.07, 6.45) is 2.13. The summed E-state index contributed by atoms with van der Waals surface area (Å²) in [5.74, 6) is -1.78. The molecule has 34 heavy (non-hydrogen) atoms. The number of carbonyl (C=O) groups is 3. The number of ether oxygens (including phenoxy) is 2. The highest BCUT2D eigenvalue weighted by atomic mass is 32.2. The SMILES string of the molecule is CCOC(=O)NC(CCC(=O)OCCCCCCNCNS(=O)(=O)c1ccc(C)cc1)C(=O)O. The van der Waals surface area contributed by atoms with Gasteiger partial charge in [0, 0.05) is 6.42 Å². The number of alkyl carbamates (subject to hydrolysis) is 1. The van der Waals surface area contributed by atoms with E-state index < -0.39 is 34.1 Å². The van der Waals surface area contributed by atoms with Gasteiger partial charge in [-0.2, -0.15) is 4.72 Å². The van der Waals surface area contributed by atoms with Crippen LogP contribution in [0.4, 0.5) is 4.79 Å². The first kappa shape index (κ1) is 29.3. The van der Waals surface area contributed by atoms with Gasteiger partial charge in [-0.3, -0.25) is 4.79 Å². The summed E-state index contributed by atoms with van der Waals surface area (Å²) < 4.78 is 36.5. The molecule has 1 rings (SSSR count). The number of benzene rings is 1. The Labute approximate surface area is 200 Å². The number of carbonyl (C=O) groups excluding carboxylic acids is 2. The Hall–Kier alpha value is -2.70. The standard InChI is InChI=1S/C22H35N3O8S/c1-3-32-22(29)25-19(21(27)28)12-13-20(26)33-15-7-5-4-6-14-23-16-24-34(30,31)18-10-8-17(2)9-11-18/h8-11,19,23-24H,3-7,12-16H2,1-2H3,(H,25,29)(H,27,28). The van der Waals surface area contributed by atoms with E-state index in [0.717, 1.165) is 24.8 Å². The maximum absolute atomic E-state index is 12.2. The molecule has 0 heterocycles. The van der Waals surface area contributed by atoms with E-state index in [1.165, 1.54) is 0 Å². The van der Waals surface area contributed by atoms with Gasteiger partial charge < -0.3 is 25.2 Å². The van der Waals surface area contributed by atoms with E-state index in [1.807, 2.05) is 6.92 Å². The molecule has 1 unspecified atom stereocenters. The molecule has 11 nitrogen and oxygen atoms in total. The summed E-state index contributed by atoms with van der Waals surface area (Å²) >= 11 is 0. The molecule has 1 amide bonds. The number of hydrogen-bond acceptors (Lipinski definition) is 8. The lowest BCUT2D eigenvalue weighted by Crippen LogP contribution is -2.41. The van der Waals surface area contributed by atoms with Gasteiger partial charge in [-0.05, 0) is 51.8 Å². The molecule has 0 aliphatic rings. The van der Waals surface area contributed by atoms with Gasteiger partial charge in [0.25, 0.3) is 0 Å². The van der Waals surface area contributed by atoms with Crippen molar-refractivity contribution in [3.63, 3.8) is 0 Å². The van der Waals surface area contributed by atoms with E-state index in [-0.39, 0.29) is 37.6 Å². The Morgan fingerprint density at radius 3 is 2.35 bits per heavy atom. The molecule has 0 saturated carbocycles. The number of nitrogens with one attached hydrogen (secondary N) is 3. The summed E-state index contributed by atoms with van der Waals surface area (Å²) in [5, 5.41) is 14.3. The molecule has 0 fully saturated rings. The number of sulfonamides is 1. The predicted octanol–water partition coefficient (Wildman–Crippen LogP) is 1.90. The number of amides is 1. The smallest absolute Gasteiger partial charge is 0.407 e. The molecule has 0 spiro atoms. The minimum absolute atomic E-state index is 0.0910. The minimum atomic E-state index is -3.53. The zero-order valence-corrected chi connectivity index (χ0v) is 20.5. The van der Waals surface area contributed by atoms with Crippen molar-refractivity contribution in [2.45, 2.75) is 63.3 Å². The Kier molecular flexibility index (Phi) is 13.8. The quantitative estimate of drug-likeness (QED) is 0.142. The van der Waals surface area contributed by atoms with Crippen LogP contribution in [0.15, 0.2) is 29.2 Å². The molecular formula is C22H35N3O8S. The second-order valence-electron chi connectivity index (χ2n) is 7.57. The van der Waals surface area contributed by atoms with Crippen LogP contribution in [0.25, 0.3) is 0 Å². The normalized spacial score (nSPS) is 12.1. The monoisotopic (exact) mass is 501 g/mol. The Morgan fingerprint density at radius 1 is 1.03 bits per heavy atom. The summed E-state index contributed by atoms with van der Waals surface area (Å²) in [4.78, 5) is 34.5. The van der Waals surface area contributed by atoms with Crippen molar-refractivity contribution in [1.29, 1.82) is 0 Å². The first-order chi connectivity index (χ1) is 16.2. The van der Waals surface area contributed by atoms with Gasteiger partial charge in [-0.1, -0.05) is 30.5 Å². The molecule has 1 aromatic carbocycles. The van der Waals surface area contributed by atoms with Crippen LogP contribution in [-0.4, -0.2) is 64.0 Å². The number of rotatable bonds is 17. The topological polar surface area (TPSA) is 160 Å². The number of carboxylic acids is 1. The molecule has 0 bridgehead atoms. The second-order valence-corrected chi connectivity index (χ2v) is 9.33. The molecule has 4 N–H and O–H groups in total. The fraction of sp³-hybridized carbons (Fsp3) is 0.591. The van der Waals surface area contributed by atoms with Gasteiger partial charge in [-0.25, -0.2) is 18.0 Å². The molecule has 0 radical (unpaired) electrons. The first-order valence-corrected chi connectivity index (χ1v) is 12.7. The lowest BCUT2D eigenvalue weighted by Gasteiger charge is -2.13. The van der Waals surface area contributed by atoms with Crippen molar-refractivity contribution in [2.75, 3.05) is 26.4 Å². The van der Waals surface area contributed by atoms with E-state index in [1.54, 1.807) is 31.2 Å². The molecular weight excluding hydrogens is 466 g/mol.